The van der Waals surface area contributed by atoms with Crippen molar-refractivity contribution in [3.63, 3.8) is 0 Å². The first-order chi connectivity index (χ1) is 17.3. The largest absolute Gasteiger partial charge is 0.493 e. The zero-order chi connectivity index (χ0) is 25.8. The molecule has 1 amide bonds. The van der Waals surface area contributed by atoms with E-state index in [1.54, 1.807) is 17.0 Å². The van der Waals surface area contributed by atoms with Crippen LogP contribution in [0.2, 0.25) is 0 Å². The number of aromatic amines is 1. The summed E-state index contributed by atoms with van der Waals surface area (Å²) in [5, 5.41) is 0.394. The summed E-state index contributed by atoms with van der Waals surface area (Å²) in [4.78, 5) is 37.4. The van der Waals surface area contributed by atoms with Gasteiger partial charge in [0.05, 0.1) is 43.9 Å². The molecule has 2 aromatic carbocycles. The first kappa shape index (κ1) is 25.7. The van der Waals surface area contributed by atoms with Crippen molar-refractivity contribution in [1.29, 1.82) is 0 Å². The maximum atomic E-state index is 13.2. The summed E-state index contributed by atoms with van der Waals surface area (Å²) in [6, 6.07) is 11.0. The van der Waals surface area contributed by atoms with Crippen LogP contribution >= 0.6 is 0 Å². The van der Waals surface area contributed by atoms with Crippen molar-refractivity contribution in [1.82, 2.24) is 19.8 Å². The molecule has 4 rings (SSSR count). The van der Waals surface area contributed by atoms with Gasteiger partial charge in [-0.05, 0) is 44.5 Å². The van der Waals surface area contributed by atoms with Crippen molar-refractivity contribution in [3.05, 3.63) is 63.7 Å². The number of carbonyl (C=O) groups excluding carboxylic acids is 1. The summed E-state index contributed by atoms with van der Waals surface area (Å²) < 4.78 is 16.4. The number of methoxy groups -OCH3 is 2. The van der Waals surface area contributed by atoms with Crippen molar-refractivity contribution >= 4 is 16.8 Å². The van der Waals surface area contributed by atoms with E-state index in [0.29, 0.717) is 40.3 Å². The fraction of sp³-hybridized carbons (Fsp3) is 0.444. The molecule has 36 heavy (non-hydrogen) atoms. The van der Waals surface area contributed by atoms with E-state index in [1.807, 2.05) is 31.2 Å². The number of amides is 1. The average molecular weight is 495 g/mol. The smallest absolute Gasteiger partial charge is 0.258 e. The van der Waals surface area contributed by atoms with Crippen LogP contribution in [0.15, 0.2) is 41.2 Å². The molecule has 1 N–H and O–H groups in total. The summed E-state index contributed by atoms with van der Waals surface area (Å²) in [7, 11) is 3.04. The number of nitrogens with zero attached hydrogens (tertiary/aromatic N) is 3. The molecule has 2 heterocycles. The Hall–Kier alpha value is -3.43. The molecular weight excluding hydrogens is 460 g/mol. The third-order valence-electron chi connectivity index (χ3n) is 6.37. The lowest BCUT2D eigenvalue weighted by molar-refractivity contribution is -0.0704. The van der Waals surface area contributed by atoms with Crippen LogP contribution in [0.4, 0.5) is 0 Å². The molecule has 1 fully saturated rings. The monoisotopic (exact) mass is 494 g/mol. The van der Waals surface area contributed by atoms with Crippen molar-refractivity contribution in [2.45, 2.75) is 46.1 Å². The molecule has 1 saturated heterocycles. The van der Waals surface area contributed by atoms with E-state index >= 15 is 0 Å². The lowest BCUT2D eigenvalue weighted by Gasteiger charge is -2.35. The SMILES string of the molecule is CCN(Cc1nc2cc(OC)c(OC)cc2c(=O)[nH]1)C(=O)c1ccc(CN2C[C@@H](C)O[C@@H](C)C2)cc1. The molecule has 0 bridgehead atoms. The van der Waals surface area contributed by atoms with Gasteiger partial charge in [-0.2, -0.15) is 0 Å². The molecule has 0 radical (unpaired) electrons. The minimum absolute atomic E-state index is 0.118. The molecule has 9 heteroatoms. The van der Waals surface area contributed by atoms with E-state index in [0.717, 1.165) is 25.2 Å². The fourth-order valence-electron chi connectivity index (χ4n) is 4.70. The van der Waals surface area contributed by atoms with Gasteiger partial charge in [0.2, 0.25) is 0 Å². The van der Waals surface area contributed by atoms with E-state index in [-0.39, 0.29) is 30.2 Å². The second-order valence-corrected chi connectivity index (χ2v) is 9.20. The second-order valence-electron chi connectivity index (χ2n) is 9.20. The van der Waals surface area contributed by atoms with Crippen LogP contribution in [-0.4, -0.2) is 71.7 Å². The minimum atomic E-state index is -0.296. The Kier molecular flexibility index (Phi) is 7.91. The zero-order valence-electron chi connectivity index (χ0n) is 21.5. The average Bonchev–Trinajstić information content (AvgIpc) is 2.86. The molecule has 192 valence electrons. The number of aromatic nitrogens is 2. The summed E-state index contributed by atoms with van der Waals surface area (Å²) in [5.74, 6) is 1.23. The summed E-state index contributed by atoms with van der Waals surface area (Å²) in [6.07, 6.45) is 0.428. The molecular formula is C27H34N4O5. The normalized spacial score (nSPS) is 18.2. The first-order valence-corrected chi connectivity index (χ1v) is 12.2. The number of fused-ring (bicyclic) bond motifs is 1. The number of morpholine rings is 1. The molecule has 0 saturated carbocycles. The quantitative estimate of drug-likeness (QED) is 0.514. The van der Waals surface area contributed by atoms with Gasteiger partial charge in [0.25, 0.3) is 11.5 Å². The number of nitrogens with one attached hydrogen (secondary N) is 1. The van der Waals surface area contributed by atoms with E-state index in [9.17, 15) is 9.59 Å². The number of benzene rings is 2. The minimum Gasteiger partial charge on any atom is -0.493 e. The Morgan fingerprint density at radius 3 is 2.36 bits per heavy atom. The number of carbonyl (C=O) groups is 1. The molecule has 0 aliphatic carbocycles. The molecule has 1 aromatic heterocycles. The van der Waals surface area contributed by atoms with Crippen LogP contribution in [0.1, 0.15) is 42.5 Å². The molecule has 2 atom stereocenters. The van der Waals surface area contributed by atoms with Crippen molar-refractivity contribution < 1.29 is 19.0 Å². The van der Waals surface area contributed by atoms with Gasteiger partial charge < -0.3 is 24.1 Å². The van der Waals surface area contributed by atoms with E-state index < -0.39 is 0 Å². The van der Waals surface area contributed by atoms with Gasteiger partial charge in [-0.25, -0.2) is 4.98 Å². The van der Waals surface area contributed by atoms with E-state index in [1.165, 1.54) is 14.2 Å². The molecule has 3 aromatic rings. The fourth-order valence-corrected chi connectivity index (χ4v) is 4.70. The number of hydrogen-bond donors (Lipinski definition) is 1. The van der Waals surface area contributed by atoms with Gasteiger partial charge in [0.15, 0.2) is 11.5 Å². The van der Waals surface area contributed by atoms with Gasteiger partial charge in [0, 0.05) is 37.8 Å². The Morgan fingerprint density at radius 2 is 1.75 bits per heavy atom. The van der Waals surface area contributed by atoms with Crippen molar-refractivity contribution in [2.24, 2.45) is 0 Å². The van der Waals surface area contributed by atoms with Crippen LogP contribution in [0, 0.1) is 0 Å². The Bertz CT molecular complexity index is 1260. The number of rotatable bonds is 8. The highest BCUT2D eigenvalue weighted by Gasteiger charge is 2.22. The molecule has 0 spiro atoms. The predicted octanol–water partition coefficient (Wildman–Crippen LogP) is 3.21. The third-order valence-corrected chi connectivity index (χ3v) is 6.37. The van der Waals surface area contributed by atoms with Gasteiger partial charge in [-0.15, -0.1) is 0 Å². The predicted molar refractivity (Wildman–Crippen MR) is 138 cm³/mol. The summed E-state index contributed by atoms with van der Waals surface area (Å²) in [6.45, 7) is 9.34. The molecule has 0 unspecified atom stereocenters. The lowest BCUT2D eigenvalue weighted by atomic mass is 10.1. The van der Waals surface area contributed by atoms with Gasteiger partial charge in [-0.3, -0.25) is 14.5 Å². The highest BCUT2D eigenvalue weighted by molar-refractivity contribution is 5.94. The van der Waals surface area contributed by atoms with Crippen molar-refractivity contribution in [3.8, 4) is 11.5 Å². The highest BCUT2D eigenvalue weighted by atomic mass is 16.5. The van der Waals surface area contributed by atoms with E-state index in [4.69, 9.17) is 14.2 Å². The summed E-state index contributed by atoms with van der Waals surface area (Å²) >= 11 is 0. The summed E-state index contributed by atoms with van der Waals surface area (Å²) in [5.41, 5.74) is 1.93. The Balaban J connectivity index is 1.49. The maximum Gasteiger partial charge on any atom is 0.258 e. The van der Waals surface area contributed by atoms with Crippen LogP contribution in [0.25, 0.3) is 10.9 Å². The van der Waals surface area contributed by atoms with Gasteiger partial charge in [-0.1, -0.05) is 12.1 Å². The first-order valence-electron chi connectivity index (χ1n) is 12.2. The molecule has 1 aliphatic rings. The Morgan fingerprint density at radius 1 is 1.11 bits per heavy atom. The molecule has 9 nitrogen and oxygen atoms in total. The third kappa shape index (κ3) is 5.68. The topological polar surface area (TPSA) is 97.0 Å². The van der Waals surface area contributed by atoms with E-state index in [2.05, 4.69) is 28.7 Å². The van der Waals surface area contributed by atoms with Crippen LogP contribution < -0.4 is 15.0 Å². The molecule has 1 aliphatic heterocycles. The van der Waals surface area contributed by atoms with Crippen LogP contribution in [-0.2, 0) is 17.8 Å². The zero-order valence-corrected chi connectivity index (χ0v) is 21.5. The number of H-pyrrole nitrogens is 1. The lowest BCUT2D eigenvalue weighted by Crippen LogP contribution is -2.44. The van der Waals surface area contributed by atoms with Gasteiger partial charge in [0.1, 0.15) is 5.82 Å². The number of ether oxygens (including phenoxy) is 3. The van der Waals surface area contributed by atoms with Crippen LogP contribution in [0.5, 0.6) is 11.5 Å². The highest BCUT2D eigenvalue weighted by Crippen LogP contribution is 2.30. The van der Waals surface area contributed by atoms with Crippen LogP contribution in [0.3, 0.4) is 0 Å². The standard InChI is InChI=1S/C27H34N4O5/c1-6-31(16-25-28-22-12-24(35-5)23(34-4)11-21(22)26(32)29-25)27(33)20-9-7-19(8-10-20)15-30-13-17(2)36-18(3)14-30/h7-12,17-18H,6,13-16H2,1-5H3,(H,28,29,32)/t17-,18+. The van der Waals surface area contributed by atoms with Crippen molar-refractivity contribution in [2.75, 3.05) is 33.9 Å². The Labute approximate surface area is 211 Å². The number of hydrogen-bond acceptors (Lipinski definition) is 7. The maximum absolute atomic E-state index is 13.2. The second kappa shape index (κ2) is 11.1. The van der Waals surface area contributed by atoms with Gasteiger partial charge >= 0.3 is 0 Å².